The zero-order valence-electron chi connectivity index (χ0n) is 19.7. The van der Waals surface area contributed by atoms with Crippen LogP contribution in [-0.4, -0.2) is 33.3 Å². The van der Waals surface area contributed by atoms with E-state index in [2.05, 4.69) is 32.6 Å². The number of likely N-dealkylation sites (tertiary alicyclic amines) is 1. The zero-order chi connectivity index (χ0) is 24.4. The average molecular weight is 509 g/mol. The fourth-order valence-electron chi connectivity index (χ4n) is 4.65. The third-order valence-electron chi connectivity index (χ3n) is 6.43. The molecule has 35 heavy (non-hydrogen) atoms. The van der Waals surface area contributed by atoms with Crippen LogP contribution in [0.5, 0.6) is 5.75 Å². The van der Waals surface area contributed by atoms with Gasteiger partial charge in [0.1, 0.15) is 17.5 Å². The zero-order valence-corrected chi connectivity index (χ0v) is 21.3. The molecule has 1 aliphatic heterocycles. The van der Waals surface area contributed by atoms with Crippen LogP contribution in [0.3, 0.4) is 0 Å². The van der Waals surface area contributed by atoms with Gasteiger partial charge in [0, 0.05) is 29.4 Å². The molecule has 5 rings (SSSR count). The first-order chi connectivity index (χ1) is 17.0. The van der Waals surface area contributed by atoms with E-state index in [4.69, 9.17) is 22.1 Å². The van der Waals surface area contributed by atoms with Gasteiger partial charge in [0.2, 0.25) is 5.91 Å². The minimum absolute atomic E-state index is 0.117. The van der Waals surface area contributed by atoms with Gasteiger partial charge in [-0.2, -0.15) is 0 Å². The quantitative estimate of drug-likeness (QED) is 0.323. The summed E-state index contributed by atoms with van der Waals surface area (Å²) >= 11 is 7.89. The van der Waals surface area contributed by atoms with E-state index in [0.29, 0.717) is 10.8 Å². The number of hydrogen-bond acceptors (Lipinski definition) is 5. The van der Waals surface area contributed by atoms with E-state index < -0.39 is 5.91 Å². The van der Waals surface area contributed by atoms with Crippen LogP contribution >= 0.6 is 22.9 Å². The molecule has 1 saturated heterocycles. The molecule has 1 aliphatic rings. The number of amides is 1. The monoisotopic (exact) mass is 508 g/mol. The molecule has 4 heterocycles. The molecule has 4 aromatic rings. The van der Waals surface area contributed by atoms with Crippen LogP contribution in [0.25, 0.3) is 16.2 Å². The second-order valence-corrected chi connectivity index (χ2v) is 10.6. The molecule has 0 aliphatic carbocycles. The lowest BCUT2D eigenvalue weighted by molar-refractivity contribution is -0.117. The Morgan fingerprint density at radius 3 is 2.77 bits per heavy atom. The number of pyridine rings is 1. The third kappa shape index (κ3) is 5.37. The largest absolute Gasteiger partial charge is 0.485 e. The fourth-order valence-corrected chi connectivity index (χ4v) is 6.05. The molecule has 182 valence electrons. The highest BCUT2D eigenvalue weighted by Gasteiger charge is 2.20. The second-order valence-electron chi connectivity index (χ2n) is 9.07. The smallest absolute Gasteiger partial charge is 0.222 e. The molecule has 1 fully saturated rings. The van der Waals surface area contributed by atoms with Gasteiger partial charge >= 0.3 is 0 Å². The predicted octanol–water partition coefficient (Wildman–Crippen LogP) is 5.87. The number of hydrogen-bond donors (Lipinski definition) is 1. The molecule has 6 nitrogen and oxygen atoms in total. The van der Waals surface area contributed by atoms with Gasteiger partial charge in [-0.3, -0.25) is 14.1 Å². The van der Waals surface area contributed by atoms with Gasteiger partial charge in [0.25, 0.3) is 0 Å². The van der Waals surface area contributed by atoms with Gasteiger partial charge in [-0.05, 0) is 50.6 Å². The molecular formula is C27H29ClN4O2S. The number of piperidine rings is 1. The van der Waals surface area contributed by atoms with Crippen molar-refractivity contribution in [3.8, 4) is 16.3 Å². The number of carbonyl (C=O) groups excluding carboxylic acids is 1. The van der Waals surface area contributed by atoms with Crippen LogP contribution in [0.1, 0.15) is 48.3 Å². The van der Waals surface area contributed by atoms with Gasteiger partial charge < -0.3 is 10.5 Å². The molecule has 1 atom stereocenters. The van der Waals surface area contributed by atoms with E-state index in [1.165, 1.54) is 36.2 Å². The molecule has 1 unspecified atom stereocenters. The van der Waals surface area contributed by atoms with Gasteiger partial charge in [0.15, 0.2) is 0 Å². The first-order valence-corrected chi connectivity index (χ1v) is 13.2. The molecule has 2 N–H and O–H groups in total. The number of rotatable bonds is 8. The lowest BCUT2D eigenvalue weighted by Crippen LogP contribution is -2.29. The SMILES string of the molecule is CC(Oc1cc(-c2cnc3ccc(CN4CCCCC4)cn23)sc1CC(N)=O)c1ccccc1Cl. The Kier molecular flexibility index (Phi) is 7.09. The van der Waals surface area contributed by atoms with Gasteiger partial charge in [-0.15, -0.1) is 11.3 Å². The number of thiophene rings is 1. The van der Waals surface area contributed by atoms with Gasteiger partial charge in [-0.1, -0.05) is 42.3 Å². The van der Waals surface area contributed by atoms with Crippen molar-refractivity contribution in [3.05, 3.63) is 75.9 Å². The lowest BCUT2D eigenvalue weighted by atomic mass is 10.1. The van der Waals surface area contributed by atoms with E-state index in [9.17, 15) is 4.79 Å². The summed E-state index contributed by atoms with van der Waals surface area (Å²) in [6.07, 6.45) is 7.75. The lowest BCUT2D eigenvalue weighted by Gasteiger charge is -2.26. The minimum atomic E-state index is -0.393. The Balaban J connectivity index is 1.46. The van der Waals surface area contributed by atoms with E-state index >= 15 is 0 Å². The normalized spacial score (nSPS) is 15.4. The summed E-state index contributed by atoms with van der Waals surface area (Å²) in [5, 5.41) is 0.648. The second kappa shape index (κ2) is 10.4. The topological polar surface area (TPSA) is 72.9 Å². The van der Waals surface area contributed by atoms with E-state index in [0.717, 1.165) is 46.3 Å². The maximum Gasteiger partial charge on any atom is 0.222 e. The Morgan fingerprint density at radius 1 is 1.20 bits per heavy atom. The standard InChI is InChI=1S/C27H29ClN4O2S/c1-18(20-7-3-4-8-21(20)28)34-23-13-24(35-25(23)14-26(29)33)22-15-30-27-10-9-19(17-32(22)27)16-31-11-5-2-6-12-31/h3-4,7-10,13,15,17-18H,2,5-6,11-12,14,16H2,1H3,(H2,29,33). The molecule has 0 radical (unpaired) electrons. The van der Waals surface area contributed by atoms with Gasteiger partial charge in [0.05, 0.1) is 28.1 Å². The van der Waals surface area contributed by atoms with Crippen molar-refractivity contribution >= 4 is 34.5 Å². The fraction of sp³-hybridized carbons (Fsp3) is 0.333. The number of ether oxygens (including phenoxy) is 1. The number of benzene rings is 1. The van der Waals surface area contributed by atoms with E-state index in [-0.39, 0.29) is 12.5 Å². The highest BCUT2D eigenvalue weighted by molar-refractivity contribution is 7.15. The summed E-state index contributed by atoms with van der Waals surface area (Å²) in [5.41, 5.74) is 9.57. The Bertz CT molecular complexity index is 1340. The van der Waals surface area contributed by atoms with E-state index in [1.807, 2.05) is 43.5 Å². The maximum atomic E-state index is 11.8. The van der Waals surface area contributed by atoms with Crippen LogP contribution in [0.15, 0.2) is 54.9 Å². The number of primary amides is 1. The maximum absolute atomic E-state index is 11.8. The number of aromatic nitrogens is 2. The summed E-state index contributed by atoms with van der Waals surface area (Å²) in [4.78, 5) is 20.7. The van der Waals surface area contributed by atoms with Crippen LogP contribution in [0.2, 0.25) is 5.02 Å². The number of nitrogens with two attached hydrogens (primary N) is 1. The number of carbonyl (C=O) groups is 1. The summed E-state index contributed by atoms with van der Waals surface area (Å²) in [6, 6.07) is 13.8. The molecule has 0 bridgehead atoms. The highest BCUT2D eigenvalue weighted by atomic mass is 35.5. The first kappa shape index (κ1) is 23.9. The van der Waals surface area contributed by atoms with Crippen LogP contribution in [0, 0.1) is 0 Å². The number of fused-ring (bicyclic) bond motifs is 1. The van der Waals surface area contributed by atoms with Crippen LogP contribution in [-0.2, 0) is 17.8 Å². The van der Waals surface area contributed by atoms with Crippen molar-refractivity contribution in [1.82, 2.24) is 14.3 Å². The van der Waals surface area contributed by atoms with Crippen molar-refractivity contribution < 1.29 is 9.53 Å². The van der Waals surface area contributed by atoms with Crippen molar-refractivity contribution in [2.75, 3.05) is 13.1 Å². The predicted molar refractivity (Wildman–Crippen MR) is 141 cm³/mol. The van der Waals surface area contributed by atoms with E-state index in [1.54, 1.807) is 0 Å². The summed E-state index contributed by atoms with van der Waals surface area (Å²) in [6.45, 7) is 5.20. The van der Waals surface area contributed by atoms with Crippen molar-refractivity contribution in [2.24, 2.45) is 5.73 Å². The summed E-state index contributed by atoms with van der Waals surface area (Å²) in [5.74, 6) is 0.256. The number of imidazole rings is 1. The number of nitrogens with zero attached hydrogens (tertiary/aromatic N) is 3. The average Bonchev–Trinajstić information content (AvgIpc) is 3.43. The molecule has 3 aromatic heterocycles. The molecule has 8 heteroatoms. The van der Waals surface area contributed by atoms with Gasteiger partial charge in [-0.25, -0.2) is 4.98 Å². The Hall–Kier alpha value is -2.87. The van der Waals surface area contributed by atoms with Crippen molar-refractivity contribution in [1.29, 1.82) is 0 Å². The molecule has 1 amide bonds. The summed E-state index contributed by atoms with van der Waals surface area (Å²) < 4.78 is 8.44. The van der Waals surface area contributed by atoms with Crippen LogP contribution in [0.4, 0.5) is 0 Å². The summed E-state index contributed by atoms with van der Waals surface area (Å²) in [7, 11) is 0. The highest BCUT2D eigenvalue weighted by Crippen LogP contribution is 2.39. The minimum Gasteiger partial charge on any atom is -0.485 e. The third-order valence-corrected chi connectivity index (χ3v) is 7.91. The number of halogens is 1. The molecule has 0 saturated carbocycles. The molecular weight excluding hydrogens is 480 g/mol. The Morgan fingerprint density at radius 2 is 2.00 bits per heavy atom. The molecule has 1 aromatic carbocycles. The van der Waals surface area contributed by atoms with Crippen LogP contribution < -0.4 is 10.5 Å². The Labute approximate surface area is 214 Å². The molecule has 0 spiro atoms. The van der Waals surface area contributed by atoms with Crippen molar-refractivity contribution in [3.63, 3.8) is 0 Å². The first-order valence-electron chi connectivity index (χ1n) is 12.0. The van der Waals surface area contributed by atoms with Crippen molar-refractivity contribution in [2.45, 2.75) is 45.3 Å².